The first-order valence-corrected chi connectivity index (χ1v) is 6.74. The number of hydrogen-bond donors (Lipinski definition) is 1. The van der Waals surface area contributed by atoms with Gasteiger partial charge in [-0.3, -0.25) is 4.79 Å². The molecule has 106 valence electrons. The molecule has 20 heavy (non-hydrogen) atoms. The van der Waals surface area contributed by atoms with Gasteiger partial charge in [-0.2, -0.15) is 13.2 Å². The summed E-state index contributed by atoms with van der Waals surface area (Å²) in [6.07, 6.45) is -4.52. The van der Waals surface area contributed by atoms with Gasteiger partial charge in [0.1, 0.15) is 0 Å². The summed E-state index contributed by atoms with van der Waals surface area (Å²) in [4.78, 5) is 12.7. The predicted octanol–water partition coefficient (Wildman–Crippen LogP) is 3.58. The Morgan fingerprint density at radius 1 is 1.25 bits per heavy atom. The van der Waals surface area contributed by atoms with Crippen LogP contribution in [0.5, 0.6) is 0 Å². The molecule has 0 amide bonds. The number of benzene rings is 1. The van der Waals surface area contributed by atoms with Crippen molar-refractivity contribution in [3.63, 3.8) is 0 Å². The van der Waals surface area contributed by atoms with Gasteiger partial charge in [0.15, 0.2) is 5.78 Å². The number of alkyl halides is 3. The molecule has 0 aliphatic rings. The maximum atomic E-state index is 12.6. The van der Waals surface area contributed by atoms with Crippen molar-refractivity contribution in [3.8, 4) is 0 Å². The summed E-state index contributed by atoms with van der Waals surface area (Å²) in [6, 6.07) is 7.48. The zero-order valence-electron chi connectivity index (χ0n) is 10.4. The average molecular weight is 299 g/mol. The van der Waals surface area contributed by atoms with Crippen LogP contribution in [-0.4, -0.2) is 5.78 Å². The number of carbonyl (C=O) groups is 1. The highest BCUT2D eigenvalue weighted by atomic mass is 32.1. The minimum atomic E-state index is -4.41. The lowest BCUT2D eigenvalue weighted by atomic mass is 10.0. The number of halogens is 3. The van der Waals surface area contributed by atoms with Crippen LogP contribution in [0.3, 0.4) is 0 Å². The molecule has 1 aromatic heterocycles. The van der Waals surface area contributed by atoms with E-state index in [9.17, 15) is 18.0 Å². The van der Waals surface area contributed by atoms with Crippen LogP contribution < -0.4 is 5.73 Å². The minimum Gasteiger partial charge on any atom is -0.317 e. The van der Waals surface area contributed by atoms with Crippen molar-refractivity contribution in [2.45, 2.75) is 18.6 Å². The van der Waals surface area contributed by atoms with Gasteiger partial charge in [-0.25, -0.2) is 0 Å². The summed E-state index contributed by atoms with van der Waals surface area (Å²) in [5, 5.41) is 1.80. The number of ketones is 1. The molecule has 0 saturated carbocycles. The SMILES string of the molecule is NC(C(=O)Cc1cccc(C(F)(F)F)c1)c1cccs1. The molecular formula is C14H12F3NOS. The third-order valence-corrected chi connectivity index (χ3v) is 3.78. The first-order valence-electron chi connectivity index (χ1n) is 5.86. The van der Waals surface area contributed by atoms with Gasteiger partial charge in [0, 0.05) is 11.3 Å². The maximum Gasteiger partial charge on any atom is 0.416 e. The molecule has 1 atom stereocenters. The van der Waals surface area contributed by atoms with E-state index in [0.717, 1.165) is 12.1 Å². The number of thiophene rings is 1. The van der Waals surface area contributed by atoms with E-state index in [1.807, 2.05) is 0 Å². The summed E-state index contributed by atoms with van der Waals surface area (Å²) in [6.45, 7) is 0. The Bertz CT molecular complexity index is 593. The predicted molar refractivity (Wildman–Crippen MR) is 71.4 cm³/mol. The van der Waals surface area contributed by atoms with E-state index < -0.39 is 17.8 Å². The molecule has 1 unspecified atom stereocenters. The van der Waals surface area contributed by atoms with E-state index >= 15 is 0 Å². The van der Waals surface area contributed by atoms with Crippen LogP contribution in [0.15, 0.2) is 41.8 Å². The summed E-state index contributed by atoms with van der Waals surface area (Å²) < 4.78 is 37.7. The van der Waals surface area contributed by atoms with Crippen molar-refractivity contribution in [2.75, 3.05) is 0 Å². The molecule has 6 heteroatoms. The van der Waals surface area contributed by atoms with Crippen molar-refractivity contribution < 1.29 is 18.0 Å². The molecule has 1 aromatic carbocycles. The third-order valence-electron chi connectivity index (χ3n) is 2.83. The van der Waals surface area contributed by atoms with E-state index in [2.05, 4.69) is 0 Å². The van der Waals surface area contributed by atoms with Gasteiger partial charge in [0.25, 0.3) is 0 Å². The fraction of sp³-hybridized carbons (Fsp3) is 0.214. The van der Waals surface area contributed by atoms with E-state index in [1.165, 1.54) is 23.5 Å². The topological polar surface area (TPSA) is 43.1 Å². The Labute approximate surface area is 118 Å². The summed E-state index contributed by atoms with van der Waals surface area (Å²) in [5.74, 6) is -0.299. The molecule has 2 rings (SSSR count). The summed E-state index contributed by atoms with van der Waals surface area (Å²) in [5.41, 5.74) is 5.35. The lowest BCUT2D eigenvalue weighted by molar-refractivity contribution is -0.137. The Hall–Kier alpha value is -1.66. The van der Waals surface area contributed by atoms with Crippen molar-refractivity contribution in [1.82, 2.24) is 0 Å². The summed E-state index contributed by atoms with van der Waals surface area (Å²) in [7, 11) is 0. The van der Waals surface area contributed by atoms with Gasteiger partial charge in [0.05, 0.1) is 11.6 Å². The molecular weight excluding hydrogens is 287 g/mol. The van der Waals surface area contributed by atoms with Crippen LogP contribution in [0.25, 0.3) is 0 Å². The van der Waals surface area contributed by atoms with Gasteiger partial charge in [0.2, 0.25) is 0 Å². The molecule has 2 aromatic rings. The highest BCUT2D eigenvalue weighted by molar-refractivity contribution is 7.10. The first kappa shape index (κ1) is 14.7. The van der Waals surface area contributed by atoms with Gasteiger partial charge in [-0.15, -0.1) is 11.3 Å². The molecule has 0 spiro atoms. The second-order valence-electron chi connectivity index (χ2n) is 4.33. The normalized spacial score (nSPS) is 13.2. The smallest absolute Gasteiger partial charge is 0.317 e. The van der Waals surface area contributed by atoms with Crippen LogP contribution in [0.4, 0.5) is 13.2 Å². The van der Waals surface area contributed by atoms with Crippen LogP contribution in [0.2, 0.25) is 0 Å². The molecule has 0 radical (unpaired) electrons. The largest absolute Gasteiger partial charge is 0.416 e. The standard InChI is InChI=1S/C14H12F3NOS/c15-14(16,17)10-4-1-3-9(7-10)8-11(19)13(18)12-5-2-6-20-12/h1-7,13H,8,18H2. The maximum absolute atomic E-state index is 12.6. The second-order valence-corrected chi connectivity index (χ2v) is 5.31. The fourth-order valence-electron chi connectivity index (χ4n) is 1.80. The van der Waals surface area contributed by atoms with Gasteiger partial charge in [-0.1, -0.05) is 24.3 Å². The number of hydrogen-bond acceptors (Lipinski definition) is 3. The second kappa shape index (κ2) is 5.76. The number of carbonyl (C=O) groups excluding carboxylic acids is 1. The minimum absolute atomic E-state index is 0.108. The zero-order chi connectivity index (χ0) is 14.8. The van der Waals surface area contributed by atoms with Crippen molar-refractivity contribution in [2.24, 2.45) is 5.73 Å². The Morgan fingerprint density at radius 3 is 2.60 bits per heavy atom. The monoisotopic (exact) mass is 299 g/mol. The van der Waals surface area contributed by atoms with Crippen molar-refractivity contribution >= 4 is 17.1 Å². The van der Waals surface area contributed by atoms with Crippen LogP contribution in [0.1, 0.15) is 22.0 Å². The quantitative estimate of drug-likeness (QED) is 0.937. The Morgan fingerprint density at radius 2 is 2.00 bits per heavy atom. The van der Waals surface area contributed by atoms with E-state index in [0.29, 0.717) is 10.4 Å². The van der Waals surface area contributed by atoms with Gasteiger partial charge in [-0.05, 0) is 23.1 Å². The molecule has 0 aliphatic carbocycles. The molecule has 0 fully saturated rings. The fourth-order valence-corrected chi connectivity index (χ4v) is 2.55. The van der Waals surface area contributed by atoms with E-state index in [4.69, 9.17) is 5.73 Å². The first-order chi connectivity index (χ1) is 9.38. The Kier molecular flexibility index (Phi) is 4.25. The molecule has 2 N–H and O–H groups in total. The van der Waals surface area contributed by atoms with Crippen molar-refractivity contribution in [1.29, 1.82) is 0 Å². The Balaban J connectivity index is 2.12. The molecule has 0 bridgehead atoms. The molecule has 0 aliphatic heterocycles. The van der Waals surface area contributed by atoms with Crippen LogP contribution in [0, 0.1) is 0 Å². The zero-order valence-corrected chi connectivity index (χ0v) is 11.2. The van der Waals surface area contributed by atoms with Crippen LogP contribution in [-0.2, 0) is 17.4 Å². The highest BCUT2D eigenvalue weighted by Gasteiger charge is 2.30. The van der Waals surface area contributed by atoms with Gasteiger partial charge < -0.3 is 5.73 Å². The highest BCUT2D eigenvalue weighted by Crippen LogP contribution is 2.30. The number of rotatable bonds is 4. The third kappa shape index (κ3) is 3.46. The molecule has 2 nitrogen and oxygen atoms in total. The number of Topliss-reactive ketones (excluding diaryl/α,β-unsaturated/α-hetero) is 1. The van der Waals surface area contributed by atoms with Crippen LogP contribution >= 0.6 is 11.3 Å². The molecule has 1 heterocycles. The van der Waals surface area contributed by atoms with E-state index in [-0.39, 0.29) is 12.2 Å². The van der Waals surface area contributed by atoms with Gasteiger partial charge >= 0.3 is 6.18 Å². The lowest BCUT2D eigenvalue weighted by Gasteiger charge is -2.11. The van der Waals surface area contributed by atoms with E-state index in [1.54, 1.807) is 17.5 Å². The average Bonchev–Trinajstić information content (AvgIpc) is 2.91. The number of nitrogens with two attached hydrogens (primary N) is 1. The van der Waals surface area contributed by atoms with Crippen molar-refractivity contribution in [3.05, 3.63) is 57.8 Å². The molecule has 0 saturated heterocycles. The summed E-state index contributed by atoms with van der Waals surface area (Å²) >= 11 is 1.35. The lowest BCUT2D eigenvalue weighted by Crippen LogP contribution is -2.22.